The van der Waals surface area contributed by atoms with Gasteiger partial charge in [0.15, 0.2) is 0 Å². The van der Waals surface area contributed by atoms with Gasteiger partial charge < -0.3 is 10.2 Å². The zero-order chi connectivity index (χ0) is 18.6. The van der Waals surface area contributed by atoms with Gasteiger partial charge in [-0.1, -0.05) is 12.1 Å². The number of hydrogen-bond acceptors (Lipinski definition) is 3. The Balaban J connectivity index is 1.36. The van der Waals surface area contributed by atoms with E-state index < -0.39 is 0 Å². The summed E-state index contributed by atoms with van der Waals surface area (Å²) in [6, 6.07) is 9.06. The van der Waals surface area contributed by atoms with E-state index in [9.17, 15) is 9.18 Å². The number of fused-ring (bicyclic) bond motifs is 1. The van der Waals surface area contributed by atoms with Crippen molar-refractivity contribution in [2.45, 2.75) is 38.4 Å². The van der Waals surface area contributed by atoms with Crippen LogP contribution in [0.25, 0.3) is 0 Å². The summed E-state index contributed by atoms with van der Waals surface area (Å²) in [7, 11) is 0. The number of carbonyl (C=O) groups excluding carboxylic acids is 1. The fraction of sp³-hybridized carbons (Fsp3) is 0.500. The molecule has 6 nitrogen and oxygen atoms in total. The van der Waals surface area contributed by atoms with E-state index in [-0.39, 0.29) is 17.9 Å². The first kappa shape index (κ1) is 18.0. The van der Waals surface area contributed by atoms with Crippen molar-refractivity contribution < 1.29 is 9.18 Å². The number of benzene rings is 1. The molecule has 1 atom stereocenters. The van der Waals surface area contributed by atoms with Crippen LogP contribution in [-0.4, -0.2) is 51.8 Å². The molecule has 0 aliphatic carbocycles. The highest BCUT2D eigenvalue weighted by Gasteiger charge is 2.26. The van der Waals surface area contributed by atoms with E-state index in [1.807, 2.05) is 23.2 Å². The molecule has 1 saturated heterocycles. The topological polar surface area (TPSA) is 53.4 Å². The lowest BCUT2D eigenvalue weighted by Crippen LogP contribution is -2.41. The second-order valence-electron chi connectivity index (χ2n) is 7.44. The van der Waals surface area contributed by atoms with E-state index in [2.05, 4.69) is 20.0 Å². The highest BCUT2D eigenvalue weighted by atomic mass is 19.1. The number of urea groups is 1. The van der Waals surface area contributed by atoms with E-state index in [1.54, 1.807) is 12.1 Å². The van der Waals surface area contributed by atoms with Crippen molar-refractivity contribution in [1.82, 2.24) is 24.9 Å². The largest absolute Gasteiger partial charge is 0.338 e. The predicted octanol–water partition coefficient (Wildman–Crippen LogP) is 2.77. The first-order chi connectivity index (χ1) is 13.2. The molecule has 4 rings (SSSR count). The highest BCUT2D eigenvalue weighted by molar-refractivity contribution is 5.74. The van der Waals surface area contributed by atoms with Gasteiger partial charge in [0, 0.05) is 45.5 Å². The monoisotopic (exact) mass is 371 g/mol. The summed E-state index contributed by atoms with van der Waals surface area (Å²) in [5.41, 5.74) is 2.14. The zero-order valence-corrected chi connectivity index (χ0v) is 15.5. The van der Waals surface area contributed by atoms with Crippen LogP contribution in [-0.2, 0) is 13.1 Å². The Kier molecular flexibility index (Phi) is 5.38. The van der Waals surface area contributed by atoms with Gasteiger partial charge in [0.1, 0.15) is 5.82 Å². The number of nitrogens with one attached hydrogen (secondary N) is 1. The highest BCUT2D eigenvalue weighted by Crippen LogP contribution is 2.24. The molecule has 0 radical (unpaired) electrons. The fourth-order valence-electron chi connectivity index (χ4n) is 4.07. The average Bonchev–Trinajstić information content (AvgIpc) is 3.33. The molecule has 0 saturated carbocycles. The second-order valence-corrected chi connectivity index (χ2v) is 7.44. The lowest BCUT2D eigenvalue weighted by atomic mass is 10.1. The van der Waals surface area contributed by atoms with Crippen molar-refractivity contribution in [2.24, 2.45) is 0 Å². The molecule has 1 N–H and O–H groups in total. The van der Waals surface area contributed by atoms with Gasteiger partial charge in [0.25, 0.3) is 0 Å². The van der Waals surface area contributed by atoms with E-state index in [0.717, 1.165) is 56.7 Å². The van der Waals surface area contributed by atoms with Gasteiger partial charge in [-0.05, 0) is 43.0 Å². The molecule has 7 heteroatoms. The minimum Gasteiger partial charge on any atom is -0.338 e. The number of hydrogen-bond donors (Lipinski definition) is 1. The second kappa shape index (κ2) is 8.08. The van der Waals surface area contributed by atoms with E-state index >= 15 is 0 Å². The van der Waals surface area contributed by atoms with Crippen LogP contribution in [0.2, 0.25) is 0 Å². The van der Waals surface area contributed by atoms with Crippen molar-refractivity contribution in [3.63, 3.8) is 0 Å². The number of amides is 2. The van der Waals surface area contributed by atoms with Gasteiger partial charge in [0.2, 0.25) is 0 Å². The summed E-state index contributed by atoms with van der Waals surface area (Å²) in [5, 5.41) is 7.52. The van der Waals surface area contributed by atoms with Crippen molar-refractivity contribution in [3.05, 3.63) is 53.6 Å². The first-order valence-electron chi connectivity index (χ1n) is 9.71. The van der Waals surface area contributed by atoms with Crippen LogP contribution in [0.4, 0.5) is 9.18 Å². The molecule has 27 heavy (non-hydrogen) atoms. The molecule has 1 aromatic heterocycles. The van der Waals surface area contributed by atoms with Crippen molar-refractivity contribution in [3.8, 4) is 0 Å². The average molecular weight is 371 g/mol. The Morgan fingerprint density at radius 3 is 2.93 bits per heavy atom. The summed E-state index contributed by atoms with van der Waals surface area (Å²) in [6.07, 6.45) is 4.86. The van der Waals surface area contributed by atoms with E-state index in [1.165, 1.54) is 6.07 Å². The molecular weight excluding hydrogens is 345 g/mol. The lowest BCUT2D eigenvalue weighted by Gasteiger charge is -2.34. The number of carbonyl (C=O) groups is 1. The molecule has 2 aliphatic rings. The van der Waals surface area contributed by atoms with Gasteiger partial charge in [-0.25, -0.2) is 9.18 Å². The van der Waals surface area contributed by atoms with Crippen LogP contribution in [0.15, 0.2) is 36.5 Å². The zero-order valence-electron chi connectivity index (χ0n) is 15.5. The van der Waals surface area contributed by atoms with Crippen molar-refractivity contribution in [1.29, 1.82) is 0 Å². The third-order valence-electron chi connectivity index (χ3n) is 5.39. The van der Waals surface area contributed by atoms with Crippen LogP contribution < -0.4 is 5.32 Å². The fourth-order valence-corrected chi connectivity index (χ4v) is 4.07. The number of nitrogens with zero attached hydrogens (tertiary/aromatic N) is 4. The number of rotatable bonds is 5. The maximum Gasteiger partial charge on any atom is 0.317 e. The molecule has 2 aliphatic heterocycles. The lowest BCUT2D eigenvalue weighted by molar-refractivity contribution is 0.160. The Bertz CT molecular complexity index is 786. The third-order valence-corrected chi connectivity index (χ3v) is 5.39. The molecule has 1 fully saturated rings. The van der Waals surface area contributed by atoms with E-state index in [4.69, 9.17) is 0 Å². The van der Waals surface area contributed by atoms with Crippen LogP contribution in [0.1, 0.15) is 36.6 Å². The van der Waals surface area contributed by atoms with Gasteiger partial charge in [0.05, 0.1) is 11.7 Å². The molecule has 1 aromatic carbocycles. The summed E-state index contributed by atoms with van der Waals surface area (Å²) in [4.78, 5) is 16.4. The molecule has 0 spiro atoms. The molecule has 0 bridgehead atoms. The minimum atomic E-state index is -0.198. The minimum absolute atomic E-state index is 0.0422. The molecule has 2 aromatic rings. The number of likely N-dealkylation sites (tertiary alicyclic amines) is 1. The Hall–Kier alpha value is -2.41. The van der Waals surface area contributed by atoms with Crippen LogP contribution >= 0.6 is 0 Å². The summed E-state index contributed by atoms with van der Waals surface area (Å²) < 4.78 is 15.6. The van der Waals surface area contributed by atoms with Crippen LogP contribution in [0.3, 0.4) is 0 Å². The summed E-state index contributed by atoms with van der Waals surface area (Å²) in [5.74, 6) is -0.198. The van der Waals surface area contributed by atoms with Gasteiger partial charge >= 0.3 is 6.03 Å². The summed E-state index contributed by atoms with van der Waals surface area (Å²) >= 11 is 0. The SMILES string of the molecule is O=C(NCCC1CN(Cc2cccc(F)c2)Cc2ccnn21)N1CCCC1. The van der Waals surface area contributed by atoms with Gasteiger partial charge in [-0.15, -0.1) is 0 Å². The van der Waals surface area contributed by atoms with Gasteiger partial charge in [-0.2, -0.15) is 5.10 Å². The normalized spacial score (nSPS) is 19.9. The summed E-state index contributed by atoms with van der Waals surface area (Å²) in [6.45, 7) is 4.70. The smallest absolute Gasteiger partial charge is 0.317 e. The maximum absolute atomic E-state index is 13.5. The molecule has 1 unspecified atom stereocenters. The predicted molar refractivity (Wildman–Crippen MR) is 101 cm³/mol. The Labute approximate surface area is 158 Å². The maximum atomic E-state index is 13.5. The van der Waals surface area contributed by atoms with Crippen LogP contribution in [0, 0.1) is 5.82 Å². The van der Waals surface area contributed by atoms with E-state index in [0.29, 0.717) is 13.1 Å². The molecule has 3 heterocycles. The third kappa shape index (κ3) is 4.30. The quantitative estimate of drug-likeness (QED) is 0.879. The van der Waals surface area contributed by atoms with Crippen molar-refractivity contribution in [2.75, 3.05) is 26.2 Å². The number of halogens is 1. The van der Waals surface area contributed by atoms with Gasteiger partial charge in [-0.3, -0.25) is 9.58 Å². The van der Waals surface area contributed by atoms with Crippen LogP contribution in [0.5, 0.6) is 0 Å². The Morgan fingerprint density at radius 1 is 1.26 bits per heavy atom. The molecular formula is C20H26FN5O. The standard InChI is InChI=1S/C20H26FN5O/c21-17-5-3-4-16(12-17)13-24-14-18(26-19(15-24)7-9-23-26)6-8-22-20(27)25-10-1-2-11-25/h3-5,7,9,12,18H,1-2,6,8,10-11,13-15H2,(H,22,27). The molecule has 144 valence electrons. The number of aromatic nitrogens is 2. The van der Waals surface area contributed by atoms with Crippen molar-refractivity contribution >= 4 is 6.03 Å². The first-order valence-corrected chi connectivity index (χ1v) is 9.71. The Morgan fingerprint density at radius 2 is 2.11 bits per heavy atom. The molecule has 2 amide bonds.